The molecule has 0 atom stereocenters. The van der Waals surface area contributed by atoms with E-state index in [0.29, 0.717) is 43.1 Å². The predicted octanol–water partition coefficient (Wildman–Crippen LogP) is 2.50. The van der Waals surface area contributed by atoms with Gasteiger partial charge in [-0.05, 0) is 25.1 Å². The molecule has 0 aromatic heterocycles. The van der Waals surface area contributed by atoms with Crippen LogP contribution in [0.5, 0.6) is 0 Å². The summed E-state index contributed by atoms with van der Waals surface area (Å²) in [5.41, 5.74) is 5.07. The number of carbonyl (C=O) groups excluding carboxylic acids is 1. The van der Waals surface area contributed by atoms with Crippen molar-refractivity contribution in [2.75, 3.05) is 31.2 Å². The molecule has 1 amide bonds. The molecule has 1 N–H and O–H groups in total. The number of anilines is 1. The number of morpholine rings is 1. The van der Waals surface area contributed by atoms with E-state index in [1.54, 1.807) is 24.3 Å². The minimum Gasteiger partial charge on any atom is -0.378 e. The maximum Gasteiger partial charge on any atom is 0.293 e. The lowest BCUT2D eigenvalue weighted by Crippen LogP contribution is -2.36. The molecular formula is C19H20N4O4. The Labute approximate surface area is 156 Å². The summed E-state index contributed by atoms with van der Waals surface area (Å²) in [6.07, 6.45) is 1.39. The SMILES string of the molecule is Cc1ccc(C(=O)N/N=C/c2ccc(N3CCOCC3)c([N+](=O)[O-])c2)cc1. The number of ether oxygens (including phenoxy) is 1. The van der Waals surface area contributed by atoms with Crippen molar-refractivity contribution < 1.29 is 14.5 Å². The molecule has 0 spiro atoms. The molecule has 1 aliphatic heterocycles. The van der Waals surface area contributed by atoms with Gasteiger partial charge in [-0.3, -0.25) is 14.9 Å². The molecule has 8 nitrogen and oxygen atoms in total. The van der Waals surface area contributed by atoms with Crippen LogP contribution in [0.1, 0.15) is 21.5 Å². The standard InChI is InChI=1S/C19H20N4O4/c1-14-2-5-16(6-3-14)19(24)21-20-13-15-4-7-17(18(12-15)23(25)26)22-8-10-27-11-9-22/h2-7,12-13H,8-11H2,1H3,(H,21,24)/b20-13+. The Bertz CT molecular complexity index is 859. The summed E-state index contributed by atoms with van der Waals surface area (Å²) in [7, 11) is 0. The van der Waals surface area contributed by atoms with Crippen LogP contribution in [0, 0.1) is 17.0 Å². The van der Waals surface area contributed by atoms with Gasteiger partial charge in [0, 0.05) is 30.3 Å². The van der Waals surface area contributed by atoms with E-state index in [1.807, 2.05) is 24.0 Å². The quantitative estimate of drug-likeness (QED) is 0.497. The average molecular weight is 368 g/mol. The van der Waals surface area contributed by atoms with Crippen molar-refractivity contribution >= 4 is 23.5 Å². The van der Waals surface area contributed by atoms with Crippen molar-refractivity contribution in [2.24, 2.45) is 5.10 Å². The molecule has 0 aliphatic carbocycles. The number of hydrazone groups is 1. The predicted molar refractivity (Wildman–Crippen MR) is 102 cm³/mol. The van der Waals surface area contributed by atoms with E-state index < -0.39 is 4.92 Å². The molecule has 0 radical (unpaired) electrons. The van der Waals surface area contributed by atoms with Gasteiger partial charge in [-0.2, -0.15) is 5.10 Å². The number of carbonyl (C=O) groups is 1. The van der Waals surface area contributed by atoms with Gasteiger partial charge in [0.2, 0.25) is 0 Å². The lowest BCUT2D eigenvalue weighted by Gasteiger charge is -2.28. The van der Waals surface area contributed by atoms with Gasteiger partial charge in [-0.1, -0.05) is 23.8 Å². The Kier molecular flexibility index (Phi) is 5.77. The summed E-state index contributed by atoms with van der Waals surface area (Å²) < 4.78 is 5.29. The molecule has 8 heteroatoms. The van der Waals surface area contributed by atoms with E-state index in [-0.39, 0.29) is 11.6 Å². The summed E-state index contributed by atoms with van der Waals surface area (Å²) in [6.45, 7) is 4.26. The second-order valence-corrected chi connectivity index (χ2v) is 6.17. The fraction of sp³-hybridized carbons (Fsp3) is 0.263. The number of hydrogen-bond donors (Lipinski definition) is 1. The summed E-state index contributed by atoms with van der Waals surface area (Å²) in [4.78, 5) is 25.0. The topological polar surface area (TPSA) is 97.1 Å². The number of nitro benzene ring substituents is 1. The Morgan fingerprint density at radius 3 is 2.59 bits per heavy atom. The van der Waals surface area contributed by atoms with Gasteiger partial charge in [0.05, 0.1) is 24.4 Å². The van der Waals surface area contributed by atoms with Crippen molar-refractivity contribution in [3.63, 3.8) is 0 Å². The summed E-state index contributed by atoms with van der Waals surface area (Å²) in [5.74, 6) is -0.342. The molecule has 1 fully saturated rings. The second-order valence-electron chi connectivity index (χ2n) is 6.17. The first-order valence-corrected chi connectivity index (χ1v) is 8.56. The highest BCUT2D eigenvalue weighted by Gasteiger charge is 2.21. The fourth-order valence-corrected chi connectivity index (χ4v) is 2.77. The minimum atomic E-state index is -0.410. The number of nitro groups is 1. The zero-order chi connectivity index (χ0) is 19.2. The number of rotatable bonds is 5. The molecule has 3 rings (SSSR count). The lowest BCUT2D eigenvalue weighted by molar-refractivity contribution is -0.384. The van der Waals surface area contributed by atoms with E-state index in [2.05, 4.69) is 10.5 Å². The van der Waals surface area contributed by atoms with Gasteiger partial charge < -0.3 is 9.64 Å². The van der Waals surface area contributed by atoms with Gasteiger partial charge in [0.25, 0.3) is 11.6 Å². The molecule has 0 saturated carbocycles. The molecule has 1 aliphatic rings. The normalized spacial score (nSPS) is 14.3. The summed E-state index contributed by atoms with van der Waals surface area (Å²) in [5, 5.41) is 15.3. The average Bonchev–Trinajstić information content (AvgIpc) is 2.69. The van der Waals surface area contributed by atoms with Gasteiger partial charge in [0.15, 0.2) is 0 Å². The van der Waals surface area contributed by atoms with E-state index in [0.717, 1.165) is 5.56 Å². The van der Waals surface area contributed by atoms with Crippen LogP contribution >= 0.6 is 0 Å². The first-order chi connectivity index (χ1) is 13.0. The molecule has 2 aromatic rings. The Balaban J connectivity index is 1.71. The van der Waals surface area contributed by atoms with Crippen LogP contribution in [0.2, 0.25) is 0 Å². The zero-order valence-corrected chi connectivity index (χ0v) is 14.9. The molecule has 27 heavy (non-hydrogen) atoms. The Hall–Kier alpha value is -3.26. The third kappa shape index (κ3) is 4.68. The molecule has 140 valence electrons. The molecule has 2 aromatic carbocycles. The maximum absolute atomic E-state index is 12.0. The first-order valence-electron chi connectivity index (χ1n) is 8.56. The van der Waals surface area contributed by atoms with Crippen LogP contribution in [-0.2, 0) is 4.74 Å². The van der Waals surface area contributed by atoms with Crippen LogP contribution in [0.4, 0.5) is 11.4 Å². The number of nitrogens with one attached hydrogen (secondary N) is 1. The highest BCUT2D eigenvalue weighted by Crippen LogP contribution is 2.29. The van der Waals surface area contributed by atoms with Gasteiger partial charge in [-0.25, -0.2) is 5.43 Å². The third-order valence-corrected chi connectivity index (χ3v) is 4.24. The fourth-order valence-electron chi connectivity index (χ4n) is 2.77. The lowest BCUT2D eigenvalue weighted by atomic mass is 10.1. The van der Waals surface area contributed by atoms with E-state index >= 15 is 0 Å². The van der Waals surface area contributed by atoms with Crippen molar-refractivity contribution in [2.45, 2.75) is 6.92 Å². The van der Waals surface area contributed by atoms with Gasteiger partial charge in [-0.15, -0.1) is 0 Å². The smallest absolute Gasteiger partial charge is 0.293 e. The highest BCUT2D eigenvalue weighted by atomic mass is 16.6. The van der Waals surface area contributed by atoms with Crippen LogP contribution in [0.3, 0.4) is 0 Å². The van der Waals surface area contributed by atoms with Crippen molar-refractivity contribution in [1.29, 1.82) is 0 Å². The number of amides is 1. The highest BCUT2D eigenvalue weighted by molar-refractivity contribution is 5.95. The van der Waals surface area contributed by atoms with Crippen molar-refractivity contribution in [3.8, 4) is 0 Å². The van der Waals surface area contributed by atoms with E-state index in [4.69, 9.17) is 4.74 Å². The minimum absolute atomic E-state index is 0.00529. The molecule has 1 heterocycles. The van der Waals surface area contributed by atoms with Crippen molar-refractivity contribution in [1.82, 2.24) is 5.43 Å². The maximum atomic E-state index is 12.0. The largest absolute Gasteiger partial charge is 0.378 e. The van der Waals surface area contributed by atoms with Crippen LogP contribution in [0.25, 0.3) is 0 Å². The van der Waals surface area contributed by atoms with E-state index in [9.17, 15) is 14.9 Å². The first kappa shape index (κ1) is 18.5. The number of nitrogens with zero attached hydrogens (tertiary/aromatic N) is 3. The monoisotopic (exact) mass is 368 g/mol. The van der Waals surface area contributed by atoms with Crippen LogP contribution < -0.4 is 10.3 Å². The summed E-state index contributed by atoms with van der Waals surface area (Å²) in [6, 6.07) is 12.0. The van der Waals surface area contributed by atoms with Crippen LogP contribution in [-0.4, -0.2) is 43.3 Å². The van der Waals surface area contributed by atoms with Crippen LogP contribution in [0.15, 0.2) is 47.6 Å². The Morgan fingerprint density at radius 2 is 1.93 bits per heavy atom. The van der Waals surface area contributed by atoms with Gasteiger partial charge in [0.1, 0.15) is 5.69 Å². The zero-order valence-electron chi connectivity index (χ0n) is 14.9. The molecule has 1 saturated heterocycles. The number of benzene rings is 2. The molecule has 0 unspecified atom stereocenters. The van der Waals surface area contributed by atoms with Gasteiger partial charge >= 0.3 is 0 Å². The Morgan fingerprint density at radius 1 is 1.22 bits per heavy atom. The van der Waals surface area contributed by atoms with Crippen molar-refractivity contribution in [3.05, 3.63) is 69.3 Å². The number of hydrogen-bond acceptors (Lipinski definition) is 6. The summed E-state index contributed by atoms with van der Waals surface area (Å²) >= 11 is 0. The second kappa shape index (κ2) is 8.41. The molecule has 0 bridgehead atoms. The number of aryl methyl sites for hydroxylation is 1. The third-order valence-electron chi connectivity index (χ3n) is 4.24. The molecular weight excluding hydrogens is 348 g/mol. The van der Waals surface area contributed by atoms with E-state index in [1.165, 1.54) is 12.3 Å².